The van der Waals surface area contributed by atoms with Crippen molar-refractivity contribution in [2.45, 2.75) is 44.3 Å². The van der Waals surface area contributed by atoms with Crippen LogP contribution < -0.4 is 16.0 Å². The molecule has 0 spiro atoms. The maximum absolute atomic E-state index is 12.6. The van der Waals surface area contributed by atoms with E-state index in [9.17, 15) is 19.2 Å². The Balaban J connectivity index is 1.58. The van der Waals surface area contributed by atoms with Crippen LogP contribution in [0.15, 0.2) is 54.6 Å². The maximum atomic E-state index is 12.6. The van der Waals surface area contributed by atoms with Crippen molar-refractivity contribution >= 4 is 23.7 Å². The third-order valence-electron chi connectivity index (χ3n) is 5.28. The van der Waals surface area contributed by atoms with E-state index in [2.05, 4.69) is 16.0 Å². The van der Waals surface area contributed by atoms with Crippen molar-refractivity contribution in [3.63, 3.8) is 0 Å². The summed E-state index contributed by atoms with van der Waals surface area (Å²) in [4.78, 5) is 49.7. The van der Waals surface area contributed by atoms with Gasteiger partial charge in [0.25, 0.3) is 0 Å². The Morgan fingerprint density at radius 2 is 1.62 bits per heavy atom. The molecule has 1 aliphatic heterocycles. The molecule has 3 rings (SSSR count). The number of rotatable bonds is 8. The Bertz CT molecular complexity index is 992. The molecule has 32 heavy (non-hydrogen) atoms. The topological polar surface area (TPSA) is 114 Å². The highest BCUT2D eigenvalue weighted by molar-refractivity contribution is 5.99. The molecule has 0 aromatic heterocycles. The van der Waals surface area contributed by atoms with E-state index in [1.165, 1.54) is 7.11 Å². The zero-order chi connectivity index (χ0) is 23.1. The van der Waals surface area contributed by atoms with Gasteiger partial charge in [-0.3, -0.25) is 14.4 Å². The molecular weight excluding hydrogens is 410 g/mol. The Morgan fingerprint density at radius 1 is 0.969 bits per heavy atom. The van der Waals surface area contributed by atoms with Gasteiger partial charge in [0.1, 0.15) is 18.1 Å². The Hall–Kier alpha value is -3.68. The summed E-state index contributed by atoms with van der Waals surface area (Å²) in [6.07, 6.45) is 0.331. The van der Waals surface area contributed by atoms with E-state index in [-0.39, 0.29) is 18.7 Å². The molecule has 1 heterocycles. The maximum Gasteiger partial charge on any atom is 0.328 e. The molecule has 1 fully saturated rings. The van der Waals surface area contributed by atoms with Crippen molar-refractivity contribution in [3.8, 4) is 0 Å². The number of carbonyl (C=O) groups excluding carboxylic acids is 4. The fourth-order valence-electron chi connectivity index (χ4n) is 3.66. The average Bonchev–Trinajstić information content (AvgIpc) is 2.77. The first-order valence-electron chi connectivity index (χ1n) is 10.4. The summed E-state index contributed by atoms with van der Waals surface area (Å²) in [7, 11) is 1.25. The van der Waals surface area contributed by atoms with Crippen LogP contribution in [0.3, 0.4) is 0 Å². The summed E-state index contributed by atoms with van der Waals surface area (Å²) >= 11 is 0. The normalized spacial score (nSPS) is 18.8. The Labute approximate surface area is 186 Å². The number of esters is 1. The predicted molar refractivity (Wildman–Crippen MR) is 117 cm³/mol. The van der Waals surface area contributed by atoms with Gasteiger partial charge in [0.15, 0.2) is 0 Å². The van der Waals surface area contributed by atoms with Crippen molar-refractivity contribution in [2.24, 2.45) is 0 Å². The number of methoxy groups -OCH3 is 1. The molecular formula is C24H27N3O5. The van der Waals surface area contributed by atoms with E-state index >= 15 is 0 Å². The van der Waals surface area contributed by atoms with Crippen molar-refractivity contribution in [2.75, 3.05) is 7.11 Å². The van der Waals surface area contributed by atoms with Gasteiger partial charge >= 0.3 is 5.97 Å². The van der Waals surface area contributed by atoms with E-state index in [4.69, 9.17) is 4.74 Å². The van der Waals surface area contributed by atoms with E-state index in [1.807, 2.05) is 61.5 Å². The monoisotopic (exact) mass is 437 g/mol. The van der Waals surface area contributed by atoms with Crippen LogP contribution in [0.1, 0.15) is 23.1 Å². The summed E-state index contributed by atoms with van der Waals surface area (Å²) in [6.45, 7) is 1.94. The number of amides is 3. The lowest BCUT2D eigenvalue weighted by Crippen LogP contribution is -2.63. The summed E-state index contributed by atoms with van der Waals surface area (Å²) in [5.74, 6) is -1.90. The minimum absolute atomic E-state index is 0.252. The lowest BCUT2D eigenvalue weighted by atomic mass is 10.0. The number of aryl methyl sites for hydroxylation is 1. The quantitative estimate of drug-likeness (QED) is 0.529. The van der Waals surface area contributed by atoms with Gasteiger partial charge in [0.05, 0.1) is 13.5 Å². The van der Waals surface area contributed by atoms with Gasteiger partial charge in [-0.2, -0.15) is 0 Å². The van der Waals surface area contributed by atoms with E-state index in [0.717, 1.165) is 16.7 Å². The Morgan fingerprint density at radius 3 is 2.31 bits per heavy atom. The van der Waals surface area contributed by atoms with Crippen LogP contribution in [0, 0.1) is 6.92 Å². The smallest absolute Gasteiger partial charge is 0.328 e. The number of ether oxygens (including phenoxy) is 1. The average molecular weight is 437 g/mol. The molecule has 3 atom stereocenters. The molecule has 0 aliphatic carbocycles. The number of benzene rings is 2. The van der Waals surface area contributed by atoms with Gasteiger partial charge in [-0.1, -0.05) is 60.2 Å². The second-order valence-corrected chi connectivity index (χ2v) is 7.85. The minimum Gasteiger partial charge on any atom is -0.467 e. The van der Waals surface area contributed by atoms with Crippen LogP contribution in [0.25, 0.3) is 0 Å². The second-order valence-electron chi connectivity index (χ2n) is 7.85. The number of carbonyl (C=O) groups is 4. The van der Waals surface area contributed by atoms with Gasteiger partial charge in [0, 0.05) is 12.8 Å². The molecule has 0 radical (unpaired) electrons. The molecule has 8 nitrogen and oxygen atoms in total. The number of nitrogens with one attached hydrogen (secondary N) is 3. The molecule has 0 bridgehead atoms. The molecule has 1 aliphatic rings. The zero-order valence-electron chi connectivity index (χ0n) is 18.1. The summed E-state index contributed by atoms with van der Waals surface area (Å²) in [5, 5.41) is 7.92. The third kappa shape index (κ3) is 6.16. The third-order valence-corrected chi connectivity index (χ3v) is 5.28. The van der Waals surface area contributed by atoms with Crippen LogP contribution in [0.2, 0.25) is 0 Å². The molecule has 8 heteroatoms. The summed E-state index contributed by atoms with van der Waals surface area (Å²) in [5.41, 5.74) is 2.82. The molecule has 3 amide bonds. The summed E-state index contributed by atoms with van der Waals surface area (Å²) in [6, 6.07) is 14.3. The number of piperazine rings is 1. The highest BCUT2D eigenvalue weighted by Gasteiger charge is 2.35. The van der Waals surface area contributed by atoms with Crippen molar-refractivity contribution in [3.05, 3.63) is 71.3 Å². The fourth-order valence-corrected chi connectivity index (χ4v) is 3.66. The standard InChI is InChI=1S/C24H27N3O5/c1-15-7-6-10-17(11-15)13-20(24(31)32-2)25-21(28)14-19-23(30)26-18(22(29)27-19)12-16-8-4-3-5-9-16/h3-11,18-20H,12-14H2,1-2H3,(H,25,28)(H,26,30)(H,27,29)/t18-,19-,20+/m0/s1. The second kappa shape index (κ2) is 10.6. The molecule has 2 aromatic rings. The molecule has 1 saturated heterocycles. The highest BCUT2D eigenvalue weighted by atomic mass is 16.5. The van der Waals surface area contributed by atoms with Gasteiger partial charge in [-0.15, -0.1) is 0 Å². The molecule has 0 unspecified atom stereocenters. The van der Waals surface area contributed by atoms with E-state index in [1.54, 1.807) is 0 Å². The van der Waals surface area contributed by atoms with E-state index in [0.29, 0.717) is 6.42 Å². The lowest BCUT2D eigenvalue weighted by Gasteiger charge is -2.29. The first kappa shape index (κ1) is 23.0. The van der Waals surface area contributed by atoms with Crippen molar-refractivity contribution < 1.29 is 23.9 Å². The van der Waals surface area contributed by atoms with Gasteiger partial charge in [-0.05, 0) is 18.1 Å². The predicted octanol–water partition coefficient (Wildman–Crippen LogP) is 0.811. The van der Waals surface area contributed by atoms with Crippen LogP contribution in [0.4, 0.5) is 0 Å². The first-order chi connectivity index (χ1) is 15.4. The van der Waals surface area contributed by atoms with Crippen LogP contribution in [-0.2, 0) is 36.8 Å². The minimum atomic E-state index is -1.01. The fraction of sp³-hybridized carbons (Fsp3) is 0.333. The number of hydrogen-bond acceptors (Lipinski definition) is 5. The lowest BCUT2D eigenvalue weighted by molar-refractivity contribution is -0.145. The molecule has 0 saturated carbocycles. The highest BCUT2D eigenvalue weighted by Crippen LogP contribution is 2.10. The van der Waals surface area contributed by atoms with Crippen molar-refractivity contribution in [1.29, 1.82) is 0 Å². The molecule has 168 valence electrons. The van der Waals surface area contributed by atoms with Gasteiger partial charge in [-0.25, -0.2) is 4.79 Å². The van der Waals surface area contributed by atoms with Crippen LogP contribution in [-0.4, -0.2) is 48.9 Å². The van der Waals surface area contributed by atoms with Crippen molar-refractivity contribution in [1.82, 2.24) is 16.0 Å². The largest absolute Gasteiger partial charge is 0.467 e. The first-order valence-corrected chi connectivity index (χ1v) is 10.4. The van der Waals surface area contributed by atoms with Gasteiger partial charge < -0.3 is 20.7 Å². The molecule has 3 N–H and O–H groups in total. The molecule has 2 aromatic carbocycles. The zero-order valence-corrected chi connectivity index (χ0v) is 18.1. The number of hydrogen-bond donors (Lipinski definition) is 3. The SMILES string of the molecule is COC(=O)[C@@H](Cc1cccc(C)c1)NC(=O)C[C@@H]1NC(=O)[C@H](Cc2ccccc2)NC1=O. The van der Waals surface area contributed by atoms with E-state index < -0.39 is 35.9 Å². The van der Waals surface area contributed by atoms with Crippen LogP contribution in [0.5, 0.6) is 0 Å². The van der Waals surface area contributed by atoms with Gasteiger partial charge in [0.2, 0.25) is 17.7 Å². The summed E-state index contributed by atoms with van der Waals surface area (Å²) < 4.78 is 4.81. The Kier molecular flexibility index (Phi) is 7.59. The van der Waals surface area contributed by atoms with Crippen LogP contribution >= 0.6 is 0 Å².